The number of carboxylic acids is 1. The Kier molecular flexibility index (Phi) is 5.44. The molecule has 1 saturated heterocycles. The van der Waals surface area contributed by atoms with Crippen LogP contribution in [0.5, 0.6) is 0 Å². The maximum absolute atomic E-state index is 14.0. The molecule has 2 N–H and O–H groups in total. The Bertz CT molecular complexity index is 532. The van der Waals surface area contributed by atoms with E-state index in [1.807, 2.05) is 4.90 Å². The molecule has 1 fully saturated rings. The number of aliphatic carboxylic acids is 1. The van der Waals surface area contributed by atoms with E-state index in [0.717, 1.165) is 6.08 Å². The molecule has 0 bridgehead atoms. The number of carbonyl (C=O) groups is 1. The lowest BCUT2D eigenvalue weighted by atomic mass is 10.1. The van der Waals surface area contributed by atoms with E-state index < -0.39 is 5.97 Å². The van der Waals surface area contributed by atoms with E-state index in [-0.39, 0.29) is 18.5 Å². The number of benzene rings is 1. The molecule has 1 aromatic rings. The minimum absolute atomic E-state index is 0.0437. The van der Waals surface area contributed by atoms with Crippen molar-refractivity contribution in [3.8, 4) is 0 Å². The lowest BCUT2D eigenvalue weighted by molar-refractivity contribution is -0.131. The van der Waals surface area contributed by atoms with Crippen molar-refractivity contribution in [2.45, 2.75) is 12.6 Å². The molecular formula is C15H18FNO4. The van der Waals surface area contributed by atoms with Crippen molar-refractivity contribution in [1.29, 1.82) is 0 Å². The topological polar surface area (TPSA) is 70.0 Å². The van der Waals surface area contributed by atoms with Crippen LogP contribution in [0.3, 0.4) is 0 Å². The van der Waals surface area contributed by atoms with Gasteiger partial charge in [0.25, 0.3) is 0 Å². The highest BCUT2D eigenvalue weighted by Gasteiger charge is 2.20. The quantitative estimate of drug-likeness (QED) is 0.797. The monoisotopic (exact) mass is 295 g/mol. The zero-order valence-corrected chi connectivity index (χ0v) is 11.5. The zero-order valence-electron chi connectivity index (χ0n) is 11.5. The van der Waals surface area contributed by atoms with Crippen LogP contribution in [0, 0.1) is 5.82 Å². The number of halogens is 1. The second-order valence-electron chi connectivity index (χ2n) is 4.93. The van der Waals surface area contributed by atoms with Gasteiger partial charge in [-0.15, -0.1) is 0 Å². The second kappa shape index (κ2) is 7.31. The van der Waals surface area contributed by atoms with Crippen molar-refractivity contribution in [3.05, 3.63) is 41.2 Å². The average molecular weight is 295 g/mol. The standard InChI is InChI=1S/C15H18FNO4/c16-14-7-11(2-4-15(19)20)1-3-12(14)8-17-5-6-21-13(9-17)10-18/h1-4,7,13,18H,5-6,8-10H2,(H,19,20)/b4-2+. The molecule has 0 amide bonds. The number of hydrogen-bond donors (Lipinski definition) is 2. The third kappa shape index (κ3) is 4.63. The normalized spacial score (nSPS) is 20.0. The molecule has 2 rings (SSSR count). The van der Waals surface area contributed by atoms with E-state index in [1.54, 1.807) is 12.1 Å². The van der Waals surface area contributed by atoms with Crippen molar-refractivity contribution < 1.29 is 24.1 Å². The van der Waals surface area contributed by atoms with Gasteiger partial charge in [-0.05, 0) is 17.7 Å². The number of aliphatic hydroxyl groups excluding tert-OH is 1. The van der Waals surface area contributed by atoms with Crippen LogP contribution in [-0.4, -0.2) is 53.5 Å². The van der Waals surface area contributed by atoms with Crippen LogP contribution in [0.1, 0.15) is 11.1 Å². The highest BCUT2D eigenvalue weighted by Crippen LogP contribution is 2.16. The molecule has 1 atom stereocenters. The molecule has 0 radical (unpaired) electrons. The van der Waals surface area contributed by atoms with E-state index in [2.05, 4.69) is 0 Å². The van der Waals surface area contributed by atoms with Gasteiger partial charge in [-0.25, -0.2) is 9.18 Å². The van der Waals surface area contributed by atoms with Gasteiger partial charge in [-0.1, -0.05) is 12.1 Å². The van der Waals surface area contributed by atoms with Crippen molar-refractivity contribution in [3.63, 3.8) is 0 Å². The number of ether oxygens (including phenoxy) is 1. The fourth-order valence-electron chi connectivity index (χ4n) is 2.24. The summed E-state index contributed by atoms with van der Waals surface area (Å²) in [6.45, 7) is 2.17. The van der Waals surface area contributed by atoms with Gasteiger partial charge < -0.3 is 14.9 Å². The largest absolute Gasteiger partial charge is 0.478 e. The number of rotatable bonds is 5. The van der Waals surface area contributed by atoms with Crippen LogP contribution in [-0.2, 0) is 16.1 Å². The first-order valence-electron chi connectivity index (χ1n) is 6.72. The molecule has 1 aliphatic heterocycles. The van der Waals surface area contributed by atoms with Gasteiger partial charge in [0.05, 0.1) is 19.3 Å². The molecule has 1 unspecified atom stereocenters. The molecule has 0 aliphatic carbocycles. The maximum atomic E-state index is 14.0. The molecule has 1 heterocycles. The highest BCUT2D eigenvalue weighted by molar-refractivity contribution is 5.85. The van der Waals surface area contributed by atoms with Gasteiger partial charge in [0, 0.05) is 31.3 Å². The van der Waals surface area contributed by atoms with Crippen molar-refractivity contribution in [2.75, 3.05) is 26.3 Å². The summed E-state index contributed by atoms with van der Waals surface area (Å²) in [5, 5.41) is 17.6. The van der Waals surface area contributed by atoms with E-state index in [4.69, 9.17) is 14.9 Å². The van der Waals surface area contributed by atoms with Crippen LogP contribution >= 0.6 is 0 Å². The Morgan fingerprint density at radius 2 is 2.33 bits per heavy atom. The van der Waals surface area contributed by atoms with Gasteiger partial charge in [0.15, 0.2) is 0 Å². The lowest BCUT2D eigenvalue weighted by Gasteiger charge is -2.32. The van der Waals surface area contributed by atoms with Gasteiger partial charge in [-0.2, -0.15) is 0 Å². The minimum atomic E-state index is -1.07. The molecule has 1 aromatic carbocycles. The van der Waals surface area contributed by atoms with Gasteiger partial charge in [-0.3, -0.25) is 4.90 Å². The van der Waals surface area contributed by atoms with Crippen LogP contribution in [0.25, 0.3) is 6.08 Å². The Labute approximate surface area is 122 Å². The number of aliphatic hydroxyl groups is 1. The Morgan fingerprint density at radius 1 is 1.52 bits per heavy atom. The predicted octanol–water partition coefficient (Wildman–Crippen LogP) is 1.12. The summed E-state index contributed by atoms with van der Waals surface area (Å²) in [7, 11) is 0. The summed E-state index contributed by atoms with van der Waals surface area (Å²) >= 11 is 0. The van der Waals surface area contributed by atoms with Crippen LogP contribution in [0.2, 0.25) is 0 Å². The van der Waals surface area contributed by atoms with Gasteiger partial charge in [0.2, 0.25) is 0 Å². The molecular weight excluding hydrogens is 277 g/mol. The minimum Gasteiger partial charge on any atom is -0.478 e. The van der Waals surface area contributed by atoms with Crippen molar-refractivity contribution in [1.82, 2.24) is 4.90 Å². The zero-order chi connectivity index (χ0) is 15.2. The SMILES string of the molecule is O=C(O)/C=C/c1ccc(CN2CCOC(CO)C2)c(F)c1. The molecule has 0 saturated carbocycles. The summed E-state index contributed by atoms with van der Waals surface area (Å²) in [6.07, 6.45) is 2.10. The third-order valence-corrected chi connectivity index (χ3v) is 3.32. The molecule has 0 aromatic heterocycles. The first kappa shape index (κ1) is 15.6. The van der Waals surface area contributed by atoms with E-state index in [9.17, 15) is 9.18 Å². The van der Waals surface area contributed by atoms with Gasteiger partial charge in [0.1, 0.15) is 5.82 Å². The lowest BCUT2D eigenvalue weighted by Crippen LogP contribution is -2.43. The molecule has 6 heteroatoms. The summed E-state index contributed by atoms with van der Waals surface area (Å²) in [4.78, 5) is 12.5. The molecule has 1 aliphatic rings. The van der Waals surface area contributed by atoms with Crippen molar-refractivity contribution >= 4 is 12.0 Å². The third-order valence-electron chi connectivity index (χ3n) is 3.32. The molecule has 21 heavy (non-hydrogen) atoms. The Morgan fingerprint density at radius 3 is 3.00 bits per heavy atom. The van der Waals surface area contributed by atoms with Crippen LogP contribution in [0.15, 0.2) is 24.3 Å². The van der Waals surface area contributed by atoms with E-state index in [0.29, 0.717) is 37.4 Å². The van der Waals surface area contributed by atoms with E-state index >= 15 is 0 Å². The summed E-state index contributed by atoms with van der Waals surface area (Å²) in [5.74, 6) is -1.43. The Hall–Kier alpha value is -1.76. The molecule has 114 valence electrons. The van der Waals surface area contributed by atoms with E-state index in [1.165, 1.54) is 12.1 Å². The predicted molar refractivity (Wildman–Crippen MR) is 75.2 cm³/mol. The number of nitrogens with zero attached hydrogens (tertiary/aromatic N) is 1. The summed E-state index contributed by atoms with van der Waals surface area (Å²) in [6, 6.07) is 4.65. The number of hydrogen-bond acceptors (Lipinski definition) is 4. The number of morpholine rings is 1. The molecule has 5 nitrogen and oxygen atoms in total. The fourth-order valence-corrected chi connectivity index (χ4v) is 2.24. The summed E-state index contributed by atoms with van der Waals surface area (Å²) in [5.41, 5.74) is 1.05. The second-order valence-corrected chi connectivity index (χ2v) is 4.93. The first-order chi connectivity index (χ1) is 10.1. The van der Waals surface area contributed by atoms with Crippen LogP contribution < -0.4 is 0 Å². The fraction of sp³-hybridized carbons (Fsp3) is 0.400. The van der Waals surface area contributed by atoms with Gasteiger partial charge >= 0.3 is 5.97 Å². The first-order valence-corrected chi connectivity index (χ1v) is 6.72. The van der Waals surface area contributed by atoms with Crippen molar-refractivity contribution in [2.24, 2.45) is 0 Å². The molecule has 0 spiro atoms. The Balaban J connectivity index is 2.02. The highest BCUT2D eigenvalue weighted by atomic mass is 19.1. The smallest absolute Gasteiger partial charge is 0.328 e. The average Bonchev–Trinajstić information content (AvgIpc) is 2.48. The van der Waals surface area contributed by atoms with Crippen LogP contribution in [0.4, 0.5) is 4.39 Å². The maximum Gasteiger partial charge on any atom is 0.328 e. The number of carboxylic acid groups (broad SMARTS) is 1. The summed E-state index contributed by atoms with van der Waals surface area (Å²) < 4.78 is 19.4.